The molecule has 2 heterocycles. The van der Waals surface area contributed by atoms with E-state index in [0.29, 0.717) is 6.04 Å². The lowest BCUT2D eigenvalue weighted by Gasteiger charge is -2.42. The minimum Gasteiger partial charge on any atom is -0.312 e. The third-order valence-corrected chi connectivity index (χ3v) is 5.19. The minimum absolute atomic E-state index is 0.630. The SMILES string of the molecule is CC(C)CCN1CCC(N2CCC(NC(C)C)CC2)CC1. The van der Waals surface area contributed by atoms with Crippen LogP contribution < -0.4 is 5.32 Å². The van der Waals surface area contributed by atoms with Crippen molar-refractivity contribution in [3.63, 3.8) is 0 Å². The summed E-state index contributed by atoms with van der Waals surface area (Å²) in [6.07, 6.45) is 6.81. The first-order valence-electron chi connectivity index (χ1n) is 9.27. The average molecular weight is 296 g/mol. The van der Waals surface area contributed by atoms with Gasteiger partial charge in [0.2, 0.25) is 0 Å². The van der Waals surface area contributed by atoms with Gasteiger partial charge in [0.1, 0.15) is 0 Å². The van der Waals surface area contributed by atoms with Crippen LogP contribution in [0.5, 0.6) is 0 Å². The first kappa shape index (κ1) is 17.2. The fourth-order valence-corrected chi connectivity index (χ4v) is 3.85. The summed E-state index contributed by atoms with van der Waals surface area (Å²) in [5.74, 6) is 0.843. The molecule has 0 aromatic rings. The molecule has 2 aliphatic heterocycles. The molecule has 3 heteroatoms. The average Bonchev–Trinajstić information content (AvgIpc) is 2.46. The maximum Gasteiger partial charge on any atom is 0.0120 e. The monoisotopic (exact) mass is 295 g/mol. The zero-order valence-corrected chi connectivity index (χ0v) is 14.8. The van der Waals surface area contributed by atoms with Gasteiger partial charge in [-0.3, -0.25) is 0 Å². The fourth-order valence-electron chi connectivity index (χ4n) is 3.85. The molecular weight excluding hydrogens is 258 g/mol. The lowest BCUT2D eigenvalue weighted by atomic mass is 9.97. The zero-order valence-electron chi connectivity index (χ0n) is 14.8. The number of hydrogen-bond donors (Lipinski definition) is 1. The van der Waals surface area contributed by atoms with Gasteiger partial charge in [-0.05, 0) is 70.7 Å². The highest BCUT2D eigenvalue weighted by Crippen LogP contribution is 2.21. The first-order chi connectivity index (χ1) is 10.0. The Balaban J connectivity index is 1.64. The standard InChI is InChI=1S/C18H37N3/c1-15(2)5-10-20-11-8-18(9-12-20)21-13-6-17(7-14-21)19-16(3)4/h15-19H,5-14H2,1-4H3. The van der Waals surface area contributed by atoms with Crippen molar-refractivity contribution in [1.82, 2.24) is 15.1 Å². The molecule has 124 valence electrons. The molecule has 21 heavy (non-hydrogen) atoms. The molecule has 0 aromatic carbocycles. The van der Waals surface area contributed by atoms with Crippen LogP contribution in [0.2, 0.25) is 0 Å². The molecule has 0 aliphatic carbocycles. The lowest BCUT2D eigenvalue weighted by molar-refractivity contribution is 0.0810. The van der Waals surface area contributed by atoms with E-state index in [1.54, 1.807) is 0 Å². The molecule has 0 radical (unpaired) electrons. The quantitative estimate of drug-likeness (QED) is 0.813. The molecular formula is C18H37N3. The van der Waals surface area contributed by atoms with Gasteiger partial charge < -0.3 is 15.1 Å². The first-order valence-corrected chi connectivity index (χ1v) is 9.27. The Hall–Kier alpha value is -0.120. The Kier molecular flexibility index (Phi) is 6.97. The van der Waals surface area contributed by atoms with Crippen LogP contribution in [0.4, 0.5) is 0 Å². The van der Waals surface area contributed by atoms with E-state index in [-0.39, 0.29) is 0 Å². The Morgan fingerprint density at radius 1 is 0.905 bits per heavy atom. The molecule has 2 saturated heterocycles. The molecule has 0 unspecified atom stereocenters. The van der Waals surface area contributed by atoms with Gasteiger partial charge in [-0.2, -0.15) is 0 Å². The van der Waals surface area contributed by atoms with E-state index in [1.165, 1.54) is 64.8 Å². The second kappa shape index (κ2) is 8.50. The zero-order chi connectivity index (χ0) is 15.2. The van der Waals surface area contributed by atoms with Crippen LogP contribution in [0, 0.1) is 5.92 Å². The number of piperidine rings is 2. The summed E-state index contributed by atoms with van der Waals surface area (Å²) in [5.41, 5.74) is 0. The van der Waals surface area contributed by atoms with Gasteiger partial charge >= 0.3 is 0 Å². The molecule has 2 rings (SSSR count). The Morgan fingerprint density at radius 3 is 2.05 bits per heavy atom. The highest BCUT2D eigenvalue weighted by atomic mass is 15.2. The summed E-state index contributed by atoms with van der Waals surface area (Å²) >= 11 is 0. The van der Waals surface area contributed by atoms with Crippen molar-refractivity contribution in [2.24, 2.45) is 5.92 Å². The normalized spacial score (nSPS) is 24.3. The van der Waals surface area contributed by atoms with Crippen molar-refractivity contribution in [3.05, 3.63) is 0 Å². The van der Waals surface area contributed by atoms with E-state index in [9.17, 15) is 0 Å². The predicted octanol–water partition coefficient (Wildman–Crippen LogP) is 2.96. The Morgan fingerprint density at radius 2 is 1.52 bits per heavy atom. The largest absolute Gasteiger partial charge is 0.312 e. The minimum atomic E-state index is 0.630. The summed E-state index contributed by atoms with van der Waals surface area (Å²) in [5, 5.41) is 3.70. The molecule has 0 spiro atoms. The summed E-state index contributed by atoms with van der Waals surface area (Å²) in [4.78, 5) is 5.46. The van der Waals surface area contributed by atoms with Crippen molar-refractivity contribution < 1.29 is 0 Å². The van der Waals surface area contributed by atoms with Gasteiger partial charge in [0.05, 0.1) is 0 Å². The van der Waals surface area contributed by atoms with E-state index < -0.39 is 0 Å². The Bertz CT molecular complexity index is 274. The number of rotatable bonds is 6. The third kappa shape index (κ3) is 5.88. The molecule has 2 aliphatic rings. The van der Waals surface area contributed by atoms with Crippen molar-refractivity contribution in [1.29, 1.82) is 0 Å². The van der Waals surface area contributed by atoms with Crippen molar-refractivity contribution >= 4 is 0 Å². The van der Waals surface area contributed by atoms with Crippen molar-refractivity contribution in [3.8, 4) is 0 Å². The third-order valence-electron chi connectivity index (χ3n) is 5.19. The van der Waals surface area contributed by atoms with Gasteiger partial charge in [-0.25, -0.2) is 0 Å². The van der Waals surface area contributed by atoms with Gasteiger partial charge in [0, 0.05) is 18.1 Å². The van der Waals surface area contributed by atoms with Gasteiger partial charge in [-0.15, -0.1) is 0 Å². The predicted molar refractivity (Wildman–Crippen MR) is 91.8 cm³/mol. The van der Waals surface area contributed by atoms with Crippen LogP contribution in [0.15, 0.2) is 0 Å². The highest BCUT2D eigenvalue weighted by molar-refractivity contribution is 4.85. The van der Waals surface area contributed by atoms with E-state index >= 15 is 0 Å². The van der Waals surface area contributed by atoms with Crippen LogP contribution in [0.1, 0.15) is 59.8 Å². The van der Waals surface area contributed by atoms with Crippen LogP contribution in [-0.2, 0) is 0 Å². The molecule has 0 saturated carbocycles. The summed E-state index contributed by atoms with van der Waals surface area (Å²) in [7, 11) is 0. The second-order valence-electron chi connectivity index (χ2n) is 7.89. The molecule has 1 N–H and O–H groups in total. The molecule has 0 aromatic heterocycles. The fraction of sp³-hybridized carbons (Fsp3) is 1.00. The van der Waals surface area contributed by atoms with Gasteiger partial charge in [0.15, 0.2) is 0 Å². The van der Waals surface area contributed by atoms with E-state index in [1.807, 2.05) is 0 Å². The van der Waals surface area contributed by atoms with Crippen LogP contribution in [0.3, 0.4) is 0 Å². The number of hydrogen-bond acceptors (Lipinski definition) is 3. The molecule has 0 amide bonds. The molecule has 0 bridgehead atoms. The lowest BCUT2D eigenvalue weighted by Crippen LogP contribution is -2.51. The number of nitrogens with zero attached hydrogens (tertiary/aromatic N) is 2. The highest BCUT2D eigenvalue weighted by Gasteiger charge is 2.28. The van der Waals surface area contributed by atoms with Crippen LogP contribution in [-0.4, -0.2) is 60.6 Å². The van der Waals surface area contributed by atoms with E-state index in [0.717, 1.165) is 18.0 Å². The molecule has 0 atom stereocenters. The maximum atomic E-state index is 3.70. The second-order valence-corrected chi connectivity index (χ2v) is 7.89. The summed E-state index contributed by atoms with van der Waals surface area (Å²) < 4.78 is 0. The van der Waals surface area contributed by atoms with Gasteiger partial charge in [-0.1, -0.05) is 27.7 Å². The van der Waals surface area contributed by atoms with Crippen molar-refractivity contribution in [2.75, 3.05) is 32.7 Å². The number of nitrogens with one attached hydrogen (secondary N) is 1. The molecule has 2 fully saturated rings. The Labute approximate surface area is 132 Å². The molecule has 3 nitrogen and oxygen atoms in total. The van der Waals surface area contributed by atoms with E-state index in [2.05, 4.69) is 42.8 Å². The van der Waals surface area contributed by atoms with E-state index in [4.69, 9.17) is 0 Å². The maximum absolute atomic E-state index is 3.70. The van der Waals surface area contributed by atoms with Crippen LogP contribution >= 0.6 is 0 Å². The summed E-state index contributed by atoms with van der Waals surface area (Å²) in [6, 6.07) is 2.25. The van der Waals surface area contributed by atoms with Gasteiger partial charge in [0.25, 0.3) is 0 Å². The van der Waals surface area contributed by atoms with Crippen LogP contribution in [0.25, 0.3) is 0 Å². The topological polar surface area (TPSA) is 18.5 Å². The smallest absolute Gasteiger partial charge is 0.0120 e. The summed E-state index contributed by atoms with van der Waals surface area (Å²) in [6.45, 7) is 15.8. The number of likely N-dealkylation sites (tertiary alicyclic amines) is 2. The van der Waals surface area contributed by atoms with Crippen molar-refractivity contribution in [2.45, 2.75) is 77.9 Å².